The van der Waals surface area contributed by atoms with E-state index in [-0.39, 0.29) is 0 Å². The van der Waals surface area contributed by atoms with Crippen molar-refractivity contribution >= 4 is 47.0 Å². The second-order valence-corrected chi connectivity index (χ2v) is 11.8. The Bertz CT molecular complexity index is 507. The Labute approximate surface area is 215 Å². The molecule has 0 bridgehead atoms. The Kier molecular flexibility index (Phi) is 20.9. The summed E-state index contributed by atoms with van der Waals surface area (Å²) in [5.74, 6) is 4.76. The molecule has 0 aliphatic carbocycles. The lowest BCUT2D eigenvalue weighted by Gasteiger charge is -2.24. The third-order valence-electron chi connectivity index (χ3n) is 5.20. The first-order valence-corrected chi connectivity index (χ1v) is 17.2. The minimum Gasteiger partial charge on any atom is -0.315 e. The SMILES string of the molecule is CSCCNCCN(CCSC)Cc1cccc(CN(CCNCCSC)CCSC)c1. The third-order valence-corrected chi connectivity index (χ3v) is 7.61. The van der Waals surface area contributed by atoms with Gasteiger partial charge in [-0.15, -0.1) is 0 Å². The topological polar surface area (TPSA) is 30.5 Å². The van der Waals surface area contributed by atoms with Gasteiger partial charge in [0, 0.05) is 88.5 Å². The number of nitrogens with one attached hydrogen (secondary N) is 2. The standard InChI is InChI=1S/C24H46N4S4/c1-29-16-10-25-8-12-27(14-18-31-3)21-23-6-5-7-24(20-23)22-28(15-19-32-4)13-9-26-11-17-30-2/h5-7,20,25-26H,8-19,21-22H2,1-4H3. The largest absolute Gasteiger partial charge is 0.315 e. The monoisotopic (exact) mass is 518 g/mol. The van der Waals surface area contributed by atoms with E-state index in [0.717, 1.165) is 65.4 Å². The maximum Gasteiger partial charge on any atom is 0.0234 e. The summed E-state index contributed by atoms with van der Waals surface area (Å²) < 4.78 is 0. The molecular formula is C24H46N4S4. The lowest BCUT2D eigenvalue weighted by atomic mass is 10.1. The van der Waals surface area contributed by atoms with E-state index in [1.807, 2.05) is 47.0 Å². The molecule has 0 unspecified atom stereocenters. The summed E-state index contributed by atoms with van der Waals surface area (Å²) in [5.41, 5.74) is 2.88. The maximum atomic E-state index is 3.58. The molecule has 1 rings (SSSR count). The third kappa shape index (κ3) is 16.1. The van der Waals surface area contributed by atoms with Crippen LogP contribution in [0, 0.1) is 0 Å². The average molecular weight is 519 g/mol. The van der Waals surface area contributed by atoms with Crippen LogP contribution in [0.4, 0.5) is 0 Å². The van der Waals surface area contributed by atoms with Gasteiger partial charge in [0.15, 0.2) is 0 Å². The van der Waals surface area contributed by atoms with E-state index in [0.29, 0.717) is 0 Å². The molecule has 0 saturated heterocycles. The number of nitrogens with zero attached hydrogens (tertiary/aromatic N) is 2. The van der Waals surface area contributed by atoms with Crippen molar-refractivity contribution in [2.45, 2.75) is 13.1 Å². The van der Waals surface area contributed by atoms with Crippen LogP contribution in [0.3, 0.4) is 0 Å². The van der Waals surface area contributed by atoms with Crippen LogP contribution in [0.2, 0.25) is 0 Å². The van der Waals surface area contributed by atoms with Crippen molar-refractivity contribution in [1.29, 1.82) is 0 Å². The van der Waals surface area contributed by atoms with Crippen molar-refractivity contribution in [3.63, 3.8) is 0 Å². The fraction of sp³-hybridized carbons (Fsp3) is 0.750. The van der Waals surface area contributed by atoms with Gasteiger partial charge in [0.05, 0.1) is 0 Å². The molecule has 0 heterocycles. The van der Waals surface area contributed by atoms with Crippen LogP contribution in [0.25, 0.3) is 0 Å². The summed E-state index contributed by atoms with van der Waals surface area (Å²) in [4.78, 5) is 5.20. The van der Waals surface area contributed by atoms with E-state index >= 15 is 0 Å². The first kappa shape index (κ1) is 30.5. The molecule has 0 radical (unpaired) electrons. The second-order valence-electron chi connectivity index (χ2n) is 7.84. The van der Waals surface area contributed by atoms with Gasteiger partial charge in [-0.3, -0.25) is 9.80 Å². The van der Waals surface area contributed by atoms with Crippen LogP contribution in [0.1, 0.15) is 11.1 Å². The molecule has 32 heavy (non-hydrogen) atoms. The van der Waals surface area contributed by atoms with E-state index in [2.05, 4.69) is 69.7 Å². The zero-order valence-electron chi connectivity index (χ0n) is 20.7. The van der Waals surface area contributed by atoms with Gasteiger partial charge < -0.3 is 10.6 Å². The molecule has 0 aliphatic rings. The van der Waals surface area contributed by atoms with Crippen LogP contribution in [-0.4, -0.2) is 110 Å². The zero-order chi connectivity index (χ0) is 23.3. The molecule has 186 valence electrons. The molecule has 2 N–H and O–H groups in total. The number of hydrogen-bond acceptors (Lipinski definition) is 8. The van der Waals surface area contributed by atoms with Crippen LogP contribution >= 0.6 is 47.0 Å². The minimum absolute atomic E-state index is 1.04. The van der Waals surface area contributed by atoms with Gasteiger partial charge >= 0.3 is 0 Å². The van der Waals surface area contributed by atoms with Crippen molar-refractivity contribution in [3.8, 4) is 0 Å². The molecule has 1 aromatic carbocycles. The van der Waals surface area contributed by atoms with Gasteiger partial charge in [0.1, 0.15) is 0 Å². The lowest BCUT2D eigenvalue weighted by Crippen LogP contribution is -2.34. The van der Waals surface area contributed by atoms with Crippen LogP contribution in [0.15, 0.2) is 24.3 Å². The highest BCUT2D eigenvalue weighted by atomic mass is 32.2. The number of benzene rings is 1. The normalized spacial score (nSPS) is 11.7. The molecule has 4 nitrogen and oxygen atoms in total. The van der Waals surface area contributed by atoms with Crippen molar-refractivity contribution in [2.75, 3.05) is 100 Å². The van der Waals surface area contributed by atoms with E-state index in [1.54, 1.807) is 0 Å². The Morgan fingerprint density at radius 1 is 0.594 bits per heavy atom. The summed E-state index contributed by atoms with van der Waals surface area (Å²) in [7, 11) is 0. The van der Waals surface area contributed by atoms with Gasteiger partial charge in [-0.2, -0.15) is 47.0 Å². The van der Waals surface area contributed by atoms with Crippen molar-refractivity contribution in [2.24, 2.45) is 0 Å². The molecule has 1 aromatic rings. The highest BCUT2D eigenvalue weighted by Crippen LogP contribution is 2.12. The van der Waals surface area contributed by atoms with E-state index in [1.165, 1.54) is 34.1 Å². The Morgan fingerprint density at radius 2 is 1.03 bits per heavy atom. The molecule has 0 amide bonds. The number of rotatable bonds is 22. The van der Waals surface area contributed by atoms with Gasteiger partial charge in [0.25, 0.3) is 0 Å². The Morgan fingerprint density at radius 3 is 1.44 bits per heavy atom. The Balaban J connectivity index is 2.61. The van der Waals surface area contributed by atoms with Gasteiger partial charge in [-0.1, -0.05) is 24.3 Å². The summed E-state index contributed by atoms with van der Waals surface area (Å²) in [6.07, 6.45) is 8.75. The molecule has 0 spiro atoms. The molecule has 0 atom stereocenters. The highest BCUT2D eigenvalue weighted by molar-refractivity contribution is 7.99. The van der Waals surface area contributed by atoms with Gasteiger partial charge in [-0.25, -0.2) is 0 Å². The predicted octanol–water partition coefficient (Wildman–Crippen LogP) is 3.92. The fourth-order valence-electron chi connectivity index (χ4n) is 3.40. The second kappa shape index (κ2) is 22.0. The summed E-state index contributed by atoms with van der Waals surface area (Å²) in [6.45, 7) is 11.0. The van der Waals surface area contributed by atoms with Crippen LogP contribution < -0.4 is 10.6 Å². The molecule has 0 saturated carbocycles. The smallest absolute Gasteiger partial charge is 0.0234 e. The summed E-state index contributed by atoms with van der Waals surface area (Å²) >= 11 is 7.69. The molecule has 0 fully saturated rings. The predicted molar refractivity (Wildman–Crippen MR) is 156 cm³/mol. The minimum atomic E-state index is 1.04. The first-order valence-electron chi connectivity index (χ1n) is 11.6. The van der Waals surface area contributed by atoms with Crippen molar-refractivity contribution < 1.29 is 0 Å². The van der Waals surface area contributed by atoms with E-state index < -0.39 is 0 Å². The highest BCUT2D eigenvalue weighted by Gasteiger charge is 2.09. The number of hydrogen-bond donors (Lipinski definition) is 2. The van der Waals surface area contributed by atoms with Gasteiger partial charge in [0.2, 0.25) is 0 Å². The number of thioether (sulfide) groups is 4. The Hall–Kier alpha value is 0.460. The quantitative estimate of drug-likeness (QED) is 0.223. The van der Waals surface area contributed by atoms with Crippen molar-refractivity contribution in [1.82, 2.24) is 20.4 Å². The first-order chi connectivity index (χ1) is 15.7. The van der Waals surface area contributed by atoms with Gasteiger partial charge in [-0.05, 0) is 36.1 Å². The summed E-state index contributed by atoms with van der Waals surface area (Å²) in [6, 6.07) is 9.28. The maximum absolute atomic E-state index is 3.58. The average Bonchev–Trinajstić information content (AvgIpc) is 2.80. The molecule has 0 aromatic heterocycles. The van der Waals surface area contributed by atoms with Crippen LogP contribution in [0.5, 0.6) is 0 Å². The van der Waals surface area contributed by atoms with E-state index in [9.17, 15) is 0 Å². The zero-order valence-corrected chi connectivity index (χ0v) is 24.0. The molecular weight excluding hydrogens is 473 g/mol. The fourth-order valence-corrected chi connectivity index (χ4v) is 4.97. The van der Waals surface area contributed by atoms with Crippen molar-refractivity contribution in [3.05, 3.63) is 35.4 Å². The molecule has 8 heteroatoms. The summed E-state index contributed by atoms with van der Waals surface area (Å²) in [5, 5.41) is 7.17. The molecule has 0 aliphatic heterocycles. The lowest BCUT2D eigenvalue weighted by molar-refractivity contribution is 0.278. The van der Waals surface area contributed by atoms with E-state index in [4.69, 9.17) is 0 Å². The van der Waals surface area contributed by atoms with Crippen LogP contribution in [-0.2, 0) is 13.1 Å².